The fourth-order valence-electron chi connectivity index (χ4n) is 4.76. The van der Waals surface area contributed by atoms with Gasteiger partial charge in [0.15, 0.2) is 51.0 Å². The van der Waals surface area contributed by atoms with Crippen LogP contribution in [0.1, 0.15) is 43.0 Å². The van der Waals surface area contributed by atoms with Crippen LogP contribution in [0.5, 0.6) is 0 Å². The molecule has 6 nitrogen and oxygen atoms in total. The van der Waals surface area contributed by atoms with Crippen molar-refractivity contribution in [2.24, 2.45) is 28.2 Å². The summed E-state index contributed by atoms with van der Waals surface area (Å²) in [6.45, 7) is 8.33. The third-order valence-electron chi connectivity index (χ3n) is 7.01. The molecule has 4 rings (SSSR count). The predicted octanol–water partition coefficient (Wildman–Crippen LogP) is 3.64. The van der Waals surface area contributed by atoms with E-state index in [1.165, 1.54) is 29.2 Å². The zero-order valence-corrected chi connectivity index (χ0v) is 34.8. The Hall–Kier alpha value is -2.23. The van der Waals surface area contributed by atoms with Crippen molar-refractivity contribution in [3.8, 4) is 0 Å². The third kappa shape index (κ3) is 14.9. The molecule has 4 aromatic heterocycles. The molecule has 0 aliphatic heterocycles. The summed E-state index contributed by atoms with van der Waals surface area (Å²) in [5.41, 5.74) is 5.41. The van der Waals surface area contributed by atoms with E-state index < -0.39 is 0 Å². The molecule has 4 heterocycles. The Labute approximate surface area is 288 Å². The second-order valence-electron chi connectivity index (χ2n) is 12.4. The molecule has 0 radical (unpaired) electrons. The summed E-state index contributed by atoms with van der Waals surface area (Å²) < 4.78 is 10.7. The Balaban J connectivity index is 0.000000721. The fourth-order valence-corrected chi connectivity index (χ4v) is 4.76. The molecular weight excluding hydrogens is 635 g/mol. The minimum atomic E-state index is 0. The first-order valence-corrected chi connectivity index (χ1v) is 14.8. The average Bonchev–Trinajstić information content (AvgIpc) is 2.90. The number of quaternary nitrogens is 2. The van der Waals surface area contributed by atoms with Crippen molar-refractivity contribution in [3.05, 3.63) is 120 Å². The molecule has 0 amide bonds. The van der Waals surface area contributed by atoms with Crippen LogP contribution in [-0.2, 0) is 93.3 Å². The molecule has 0 unspecified atom stereocenters. The second kappa shape index (κ2) is 19.9. The van der Waals surface area contributed by atoms with Crippen LogP contribution >= 0.6 is 0 Å². The molecule has 0 N–H and O–H groups in total. The topological polar surface area (TPSA) is 15.5 Å². The molecule has 0 spiro atoms. The van der Waals surface area contributed by atoms with Crippen LogP contribution in [0.4, 0.5) is 0 Å². The molecule has 43 heavy (non-hydrogen) atoms. The molecule has 224 valence electrons. The van der Waals surface area contributed by atoms with Crippen LogP contribution in [0.15, 0.2) is 97.6 Å². The minimum absolute atomic E-state index is 0. The average molecular weight is 692 g/mol. The number of aromatic nitrogens is 4. The number of hydrogen-bond acceptors (Lipinski definition) is 0. The van der Waals surface area contributed by atoms with Gasteiger partial charge in [-0.3, -0.25) is 0 Å². The molecule has 0 aliphatic rings. The van der Waals surface area contributed by atoms with Gasteiger partial charge in [-0.15, -0.1) is 0 Å². The van der Waals surface area contributed by atoms with Crippen LogP contribution in [0.25, 0.3) is 0 Å². The van der Waals surface area contributed by atoms with Gasteiger partial charge in [0.25, 0.3) is 0 Å². The molecule has 0 aromatic carbocycles. The summed E-state index contributed by atoms with van der Waals surface area (Å²) >= 11 is 0. The van der Waals surface area contributed by atoms with Gasteiger partial charge in [0.05, 0.1) is 28.2 Å². The van der Waals surface area contributed by atoms with Crippen LogP contribution in [0, 0.1) is 0 Å². The van der Waals surface area contributed by atoms with Crippen molar-refractivity contribution in [2.45, 2.75) is 46.4 Å². The summed E-state index contributed by atoms with van der Waals surface area (Å²) in [5.74, 6) is 0. The Morgan fingerprint density at radius 3 is 0.767 bits per heavy atom. The SMILES string of the molecule is CCC.C[n+]1ccccc1C[N+](C)(C)Cc1cccc[n+]1C.C[n+]1ccccc1C[N+](C)(C)Cc1cccc[n+]1C.[Zn].[Zn]. The van der Waals surface area contributed by atoms with E-state index in [1.54, 1.807) is 0 Å². The van der Waals surface area contributed by atoms with Crippen molar-refractivity contribution >= 4 is 0 Å². The van der Waals surface area contributed by atoms with Crippen LogP contribution in [0.2, 0.25) is 0 Å². The van der Waals surface area contributed by atoms with Gasteiger partial charge < -0.3 is 8.97 Å². The van der Waals surface area contributed by atoms with Crippen molar-refractivity contribution in [1.29, 1.82) is 0 Å². The van der Waals surface area contributed by atoms with E-state index in [2.05, 4.69) is 186 Å². The van der Waals surface area contributed by atoms with Crippen LogP contribution in [0.3, 0.4) is 0 Å². The molecule has 0 bridgehead atoms. The standard InChI is InChI=1S/2C16H24N3.C3H8.2Zn/c2*1-17-11-7-5-9-15(17)13-19(3,4)14-16-10-6-8-12-18(16)2;1-3-2;;/h2*5-12H,13-14H2,1-4H3;3H2,1-2H3;;/q2*+3;;;. The van der Waals surface area contributed by atoms with Crippen LogP contribution in [-0.4, -0.2) is 37.2 Å². The van der Waals surface area contributed by atoms with Crippen molar-refractivity contribution in [3.63, 3.8) is 0 Å². The summed E-state index contributed by atoms with van der Waals surface area (Å²) in [6, 6.07) is 25.5. The zero-order valence-electron chi connectivity index (χ0n) is 28.9. The number of nitrogens with zero attached hydrogens (tertiary/aromatic N) is 6. The van der Waals surface area contributed by atoms with Gasteiger partial charge >= 0.3 is 0 Å². The maximum Gasteiger partial charge on any atom is 0.236 e. The van der Waals surface area contributed by atoms with Crippen molar-refractivity contribution in [1.82, 2.24) is 0 Å². The van der Waals surface area contributed by atoms with Gasteiger partial charge in [-0.25, -0.2) is 18.3 Å². The van der Waals surface area contributed by atoms with Crippen molar-refractivity contribution in [2.75, 3.05) is 28.2 Å². The zero-order chi connectivity index (χ0) is 30.5. The van der Waals surface area contributed by atoms with E-state index in [0.29, 0.717) is 0 Å². The van der Waals surface area contributed by atoms with E-state index in [1.807, 2.05) is 0 Å². The van der Waals surface area contributed by atoms with E-state index in [0.717, 1.165) is 35.1 Å². The first-order valence-electron chi connectivity index (χ1n) is 14.8. The van der Waals surface area contributed by atoms with Crippen LogP contribution < -0.4 is 18.3 Å². The second-order valence-corrected chi connectivity index (χ2v) is 12.4. The van der Waals surface area contributed by atoms with Gasteiger partial charge in [-0.1, -0.05) is 20.3 Å². The smallest absolute Gasteiger partial charge is 0.236 e. The van der Waals surface area contributed by atoms with Gasteiger partial charge in [0.2, 0.25) is 22.8 Å². The Bertz CT molecular complexity index is 1160. The first-order chi connectivity index (χ1) is 19.4. The summed E-state index contributed by atoms with van der Waals surface area (Å²) in [6.07, 6.45) is 9.69. The minimum Gasteiger partial charge on any atom is -0.311 e. The number of hydrogen-bond donors (Lipinski definition) is 0. The largest absolute Gasteiger partial charge is 0.311 e. The Morgan fingerprint density at radius 2 is 0.605 bits per heavy atom. The Morgan fingerprint density at radius 1 is 0.419 bits per heavy atom. The van der Waals surface area contributed by atoms with Gasteiger partial charge in [0, 0.05) is 87.5 Å². The van der Waals surface area contributed by atoms with E-state index >= 15 is 0 Å². The maximum absolute atomic E-state index is 2.28. The summed E-state index contributed by atoms with van der Waals surface area (Å²) in [7, 11) is 17.5. The van der Waals surface area contributed by atoms with Gasteiger partial charge in [-0.05, 0) is 24.3 Å². The van der Waals surface area contributed by atoms with E-state index in [-0.39, 0.29) is 39.0 Å². The quantitative estimate of drug-likeness (QED) is 0.153. The monoisotopic (exact) mass is 688 g/mol. The Kier molecular flexibility index (Phi) is 18.9. The van der Waals surface area contributed by atoms with Gasteiger partial charge in [0.1, 0.15) is 28.2 Å². The first kappa shape index (κ1) is 40.8. The molecule has 0 fully saturated rings. The number of aryl methyl sites for hydroxylation is 4. The summed E-state index contributed by atoms with van der Waals surface area (Å²) in [4.78, 5) is 0. The third-order valence-corrected chi connectivity index (χ3v) is 7.01. The summed E-state index contributed by atoms with van der Waals surface area (Å²) in [5, 5.41) is 0. The number of rotatable bonds is 8. The normalized spacial score (nSPS) is 10.7. The van der Waals surface area contributed by atoms with E-state index in [4.69, 9.17) is 0 Å². The fraction of sp³-hybridized carbons (Fsp3) is 0.429. The molecule has 4 aromatic rings. The molecular formula is C35H56N6Zn2+6. The maximum atomic E-state index is 2.28. The molecule has 0 saturated carbocycles. The molecule has 0 saturated heterocycles. The molecule has 8 heteroatoms. The van der Waals surface area contributed by atoms with E-state index in [9.17, 15) is 0 Å². The molecule has 0 aliphatic carbocycles. The number of pyridine rings is 4. The molecule has 0 atom stereocenters. The predicted molar refractivity (Wildman–Crippen MR) is 165 cm³/mol. The van der Waals surface area contributed by atoms with Crippen molar-refractivity contribution < 1.29 is 66.2 Å². The van der Waals surface area contributed by atoms with Gasteiger partial charge in [-0.2, -0.15) is 0 Å².